The van der Waals surface area contributed by atoms with Gasteiger partial charge in [0.25, 0.3) is 5.91 Å². The maximum atomic E-state index is 10.9. The molecule has 2 rings (SSSR count). The van der Waals surface area contributed by atoms with Gasteiger partial charge in [0.1, 0.15) is 0 Å². The standard InChI is InChI=1S/C10H10ClN5O/c11-7-3-1-2-6(4-7)5-16-9(12)8(10(13)17)14-15-16/h1-4H,5,12H2,(H2,13,17). The number of nitrogens with zero attached hydrogens (tertiary/aromatic N) is 3. The Labute approximate surface area is 102 Å². The molecule has 0 radical (unpaired) electrons. The normalized spacial score (nSPS) is 10.4. The van der Waals surface area contributed by atoms with Crippen LogP contribution in [0.25, 0.3) is 0 Å². The van der Waals surface area contributed by atoms with Crippen molar-refractivity contribution in [2.75, 3.05) is 5.73 Å². The molecule has 2 aromatic rings. The molecule has 1 heterocycles. The van der Waals surface area contributed by atoms with Gasteiger partial charge in [0.2, 0.25) is 0 Å². The number of aromatic nitrogens is 3. The lowest BCUT2D eigenvalue weighted by molar-refractivity contribution is 0.0996. The van der Waals surface area contributed by atoms with E-state index in [2.05, 4.69) is 10.3 Å². The van der Waals surface area contributed by atoms with E-state index < -0.39 is 5.91 Å². The first-order valence-corrected chi connectivity index (χ1v) is 5.19. The summed E-state index contributed by atoms with van der Waals surface area (Å²) >= 11 is 5.86. The number of hydrogen-bond donors (Lipinski definition) is 2. The maximum absolute atomic E-state index is 10.9. The number of benzene rings is 1. The Morgan fingerprint density at radius 1 is 1.47 bits per heavy atom. The fourth-order valence-corrected chi connectivity index (χ4v) is 1.63. The van der Waals surface area contributed by atoms with Crippen molar-refractivity contribution in [1.29, 1.82) is 0 Å². The third-order valence-corrected chi connectivity index (χ3v) is 2.46. The van der Waals surface area contributed by atoms with E-state index >= 15 is 0 Å². The van der Waals surface area contributed by atoms with E-state index in [1.54, 1.807) is 12.1 Å². The van der Waals surface area contributed by atoms with Crippen LogP contribution in [0.3, 0.4) is 0 Å². The molecule has 0 aliphatic heterocycles. The molecule has 0 saturated heterocycles. The molecule has 1 aromatic heterocycles. The second kappa shape index (κ2) is 4.42. The summed E-state index contributed by atoms with van der Waals surface area (Å²) in [4.78, 5) is 10.9. The molecule has 0 fully saturated rings. The molecule has 4 N–H and O–H groups in total. The van der Waals surface area contributed by atoms with Crippen molar-refractivity contribution in [2.24, 2.45) is 5.73 Å². The van der Waals surface area contributed by atoms with Gasteiger partial charge in [0, 0.05) is 5.02 Å². The van der Waals surface area contributed by atoms with Crippen LogP contribution < -0.4 is 11.5 Å². The van der Waals surface area contributed by atoms with Gasteiger partial charge in [-0.05, 0) is 17.7 Å². The van der Waals surface area contributed by atoms with E-state index in [-0.39, 0.29) is 11.5 Å². The van der Waals surface area contributed by atoms with Gasteiger partial charge >= 0.3 is 0 Å². The van der Waals surface area contributed by atoms with Crippen molar-refractivity contribution in [2.45, 2.75) is 6.54 Å². The van der Waals surface area contributed by atoms with Crippen molar-refractivity contribution in [3.05, 3.63) is 40.5 Å². The molecule has 17 heavy (non-hydrogen) atoms. The summed E-state index contributed by atoms with van der Waals surface area (Å²) in [7, 11) is 0. The van der Waals surface area contributed by atoms with E-state index in [0.717, 1.165) is 5.56 Å². The summed E-state index contributed by atoms with van der Waals surface area (Å²) in [5.74, 6) is -0.544. The lowest BCUT2D eigenvalue weighted by Gasteiger charge is -2.03. The Hall–Kier alpha value is -2.08. The molecule has 0 aliphatic carbocycles. The van der Waals surface area contributed by atoms with Crippen LogP contribution in [-0.2, 0) is 6.54 Å². The molecule has 7 heteroatoms. The molecule has 0 atom stereocenters. The highest BCUT2D eigenvalue weighted by Crippen LogP contribution is 2.14. The first kappa shape index (κ1) is 11.4. The number of hydrogen-bond acceptors (Lipinski definition) is 4. The van der Waals surface area contributed by atoms with Crippen molar-refractivity contribution < 1.29 is 4.79 Å². The number of carbonyl (C=O) groups excluding carboxylic acids is 1. The summed E-state index contributed by atoms with van der Waals surface area (Å²) < 4.78 is 1.39. The number of carbonyl (C=O) groups is 1. The zero-order valence-corrected chi connectivity index (χ0v) is 9.55. The van der Waals surface area contributed by atoms with Crippen molar-refractivity contribution >= 4 is 23.3 Å². The van der Waals surface area contributed by atoms with E-state index in [1.807, 2.05) is 12.1 Å². The topological polar surface area (TPSA) is 99.8 Å². The minimum absolute atomic E-state index is 0.0213. The van der Waals surface area contributed by atoms with Crippen LogP contribution in [0.2, 0.25) is 5.02 Å². The summed E-state index contributed by atoms with van der Waals surface area (Å²) in [6, 6.07) is 7.24. The van der Waals surface area contributed by atoms with Crippen LogP contribution in [0.5, 0.6) is 0 Å². The molecule has 0 spiro atoms. The fourth-order valence-electron chi connectivity index (χ4n) is 1.42. The van der Waals surface area contributed by atoms with Gasteiger partial charge in [0.15, 0.2) is 11.5 Å². The molecule has 6 nitrogen and oxygen atoms in total. The van der Waals surface area contributed by atoms with Crippen LogP contribution in [0.4, 0.5) is 5.82 Å². The number of anilines is 1. The number of primary amides is 1. The monoisotopic (exact) mass is 251 g/mol. The maximum Gasteiger partial charge on any atom is 0.273 e. The Morgan fingerprint density at radius 3 is 2.82 bits per heavy atom. The van der Waals surface area contributed by atoms with Gasteiger partial charge in [-0.25, -0.2) is 4.68 Å². The van der Waals surface area contributed by atoms with E-state index in [1.165, 1.54) is 4.68 Å². The second-order valence-electron chi connectivity index (χ2n) is 3.48. The first-order valence-electron chi connectivity index (χ1n) is 4.81. The largest absolute Gasteiger partial charge is 0.382 e. The molecule has 88 valence electrons. The molecule has 0 saturated carbocycles. The predicted molar refractivity (Wildman–Crippen MR) is 63.5 cm³/mol. The van der Waals surface area contributed by atoms with Crippen LogP contribution in [-0.4, -0.2) is 20.9 Å². The lowest BCUT2D eigenvalue weighted by atomic mass is 10.2. The van der Waals surface area contributed by atoms with Gasteiger partial charge in [-0.1, -0.05) is 28.9 Å². The highest BCUT2D eigenvalue weighted by atomic mass is 35.5. The van der Waals surface area contributed by atoms with E-state index in [9.17, 15) is 4.79 Å². The SMILES string of the molecule is NC(=O)c1nnn(Cc2cccc(Cl)c2)c1N. The third kappa shape index (κ3) is 2.36. The van der Waals surface area contributed by atoms with Gasteiger partial charge in [0.05, 0.1) is 6.54 Å². The quantitative estimate of drug-likeness (QED) is 0.837. The Morgan fingerprint density at radius 2 is 2.24 bits per heavy atom. The highest BCUT2D eigenvalue weighted by molar-refractivity contribution is 6.30. The van der Waals surface area contributed by atoms with Gasteiger partial charge < -0.3 is 11.5 Å². The molecular formula is C10H10ClN5O. The Balaban J connectivity index is 2.28. The van der Waals surface area contributed by atoms with E-state index in [0.29, 0.717) is 11.6 Å². The number of amides is 1. The molecule has 0 bridgehead atoms. The zero-order valence-electron chi connectivity index (χ0n) is 8.80. The van der Waals surface area contributed by atoms with E-state index in [4.69, 9.17) is 23.1 Å². The zero-order chi connectivity index (χ0) is 12.4. The predicted octanol–water partition coefficient (Wildman–Crippen LogP) is 0.661. The van der Waals surface area contributed by atoms with Gasteiger partial charge in [-0.3, -0.25) is 4.79 Å². The Bertz CT molecular complexity index is 566. The highest BCUT2D eigenvalue weighted by Gasteiger charge is 2.14. The first-order chi connectivity index (χ1) is 8.08. The van der Waals surface area contributed by atoms with Gasteiger partial charge in [-0.15, -0.1) is 5.10 Å². The minimum Gasteiger partial charge on any atom is -0.382 e. The fraction of sp³-hybridized carbons (Fsp3) is 0.100. The van der Waals surface area contributed by atoms with Crippen molar-refractivity contribution in [3.63, 3.8) is 0 Å². The second-order valence-corrected chi connectivity index (χ2v) is 3.91. The minimum atomic E-state index is -0.695. The van der Waals surface area contributed by atoms with Crippen LogP contribution in [0.15, 0.2) is 24.3 Å². The Kier molecular flexibility index (Phi) is 2.97. The van der Waals surface area contributed by atoms with Crippen molar-refractivity contribution in [3.8, 4) is 0 Å². The van der Waals surface area contributed by atoms with Crippen LogP contribution in [0, 0.1) is 0 Å². The summed E-state index contributed by atoms with van der Waals surface area (Å²) in [6.45, 7) is 0.382. The third-order valence-electron chi connectivity index (χ3n) is 2.23. The molecule has 1 amide bonds. The average molecular weight is 252 g/mol. The molecule has 0 unspecified atom stereocenters. The number of halogens is 1. The molecule has 0 aliphatic rings. The van der Waals surface area contributed by atoms with Crippen LogP contribution >= 0.6 is 11.6 Å². The summed E-state index contributed by atoms with van der Waals surface area (Å²) in [5.41, 5.74) is 11.7. The summed E-state index contributed by atoms with van der Waals surface area (Å²) in [5, 5.41) is 8.00. The number of nitrogens with two attached hydrogens (primary N) is 2. The smallest absolute Gasteiger partial charge is 0.273 e. The molecule has 1 aromatic carbocycles. The average Bonchev–Trinajstić information content (AvgIpc) is 2.61. The van der Waals surface area contributed by atoms with Crippen LogP contribution in [0.1, 0.15) is 16.1 Å². The van der Waals surface area contributed by atoms with Gasteiger partial charge in [-0.2, -0.15) is 0 Å². The number of nitrogen functional groups attached to an aromatic ring is 1. The summed E-state index contributed by atoms with van der Waals surface area (Å²) in [6.07, 6.45) is 0. The van der Waals surface area contributed by atoms with Crippen molar-refractivity contribution in [1.82, 2.24) is 15.0 Å². The lowest BCUT2D eigenvalue weighted by Crippen LogP contribution is -2.14. The molecular weight excluding hydrogens is 242 g/mol. The number of rotatable bonds is 3.